The molecule has 1 heterocycles. The maximum Gasteiger partial charge on any atom is 0.382 e. The van der Waals surface area contributed by atoms with Gasteiger partial charge in [0.25, 0.3) is 0 Å². The molecular weight excluding hydrogens is 82.8 g/mol. The number of rotatable bonds is 0. The van der Waals surface area contributed by atoms with Crippen LogP contribution in [0.5, 0.6) is 0 Å². The lowest BCUT2D eigenvalue weighted by molar-refractivity contribution is -0.445. The Morgan fingerprint density at radius 1 is 1.50 bits per heavy atom. The van der Waals surface area contributed by atoms with E-state index in [1.807, 2.05) is 0 Å². The van der Waals surface area contributed by atoms with Crippen molar-refractivity contribution in [3.8, 4) is 0 Å². The molecule has 0 fully saturated rings. The predicted octanol–water partition coefficient (Wildman–Crippen LogP) is -0.0298. The summed E-state index contributed by atoms with van der Waals surface area (Å²) < 4.78 is 0. The van der Waals surface area contributed by atoms with Crippen LogP contribution < -0.4 is 0 Å². The van der Waals surface area contributed by atoms with Gasteiger partial charge in [-0.3, -0.25) is 4.81 Å². The maximum atomic E-state index is 4.14. The fraction of sp³-hybridized carbons (Fsp3) is 0. The highest BCUT2D eigenvalue weighted by Crippen LogP contribution is 1.87. The van der Waals surface area contributed by atoms with E-state index in [1.54, 1.807) is 5.98 Å². The van der Waals surface area contributed by atoms with Crippen LogP contribution >= 0.6 is 0 Å². The lowest BCUT2D eigenvalue weighted by atomic mass is 10.0. The Kier molecular flexibility index (Phi) is 1.14. The Hall–Kier alpha value is -0.475. The molecule has 0 N–H and O–H groups in total. The van der Waals surface area contributed by atoms with Gasteiger partial charge in [-0.05, 0) is 11.0 Å². The average molecular weight is 84.8 g/mol. The first kappa shape index (κ1) is 3.71. The first-order valence-electron chi connectivity index (χ1n) is 1.47. The van der Waals surface area contributed by atoms with Crippen LogP contribution in [0.3, 0.4) is 0 Å². The standard InChI is InChI=1S/C2H2BO3/c1-2-4-6-5-3-1/h1-2H. The Morgan fingerprint density at radius 2 is 2.50 bits per heavy atom. The van der Waals surface area contributed by atoms with Crippen molar-refractivity contribution in [1.82, 2.24) is 0 Å². The van der Waals surface area contributed by atoms with E-state index in [0.29, 0.717) is 0 Å². The van der Waals surface area contributed by atoms with Gasteiger partial charge in [-0.1, -0.05) is 0 Å². The summed E-state index contributed by atoms with van der Waals surface area (Å²) in [6, 6.07) is 0. The summed E-state index contributed by atoms with van der Waals surface area (Å²) in [4.78, 5) is 8.27. The third-order valence-electron chi connectivity index (χ3n) is 0.347. The van der Waals surface area contributed by atoms with Gasteiger partial charge < -0.3 is 4.89 Å². The molecule has 0 amide bonds. The summed E-state index contributed by atoms with van der Waals surface area (Å²) in [6.45, 7) is 0. The Labute approximate surface area is 35.6 Å². The molecule has 0 aliphatic carbocycles. The highest BCUT2D eigenvalue weighted by Gasteiger charge is 1.91. The molecule has 0 unspecified atom stereocenters. The van der Waals surface area contributed by atoms with Crippen LogP contribution in [0.15, 0.2) is 12.2 Å². The monoisotopic (exact) mass is 85.0 g/mol. The molecule has 0 atom stereocenters. The van der Waals surface area contributed by atoms with Crippen LogP contribution in [0, 0.1) is 0 Å². The van der Waals surface area contributed by atoms with E-state index < -0.39 is 0 Å². The molecule has 1 rings (SSSR count). The zero-order valence-electron chi connectivity index (χ0n) is 2.96. The van der Waals surface area contributed by atoms with Crippen molar-refractivity contribution in [3.05, 3.63) is 12.2 Å². The molecule has 0 saturated carbocycles. The topological polar surface area (TPSA) is 27.7 Å². The molecule has 1 radical (unpaired) electrons. The summed E-state index contributed by atoms with van der Waals surface area (Å²) in [5.74, 6) is 1.57. The van der Waals surface area contributed by atoms with Gasteiger partial charge in [-0.25, -0.2) is 0 Å². The Morgan fingerprint density at radius 3 is 2.67 bits per heavy atom. The molecule has 31 valence electrons. The lowest BCUT2D eigenvalue weighted by Crippen LogP contribution is -2.00. The molecule has 0 saturated heterocycles. The lowest BCUT2D eigenvalue weighted by Gasteiger charge is -1.99. The van der Waals surface area contributed by atoms with E-state index in [0.717, 1.165) is 0 Å². The van der Waals surface area contributed by atoms with E-state index in [4.69, 9.17) is 0 Å². The van der Waals surface area contributed by atoms with Crippen LogP contribution in [0.2, 0.25) is 0 Å². The second-order valence-corrected chi connectivity index (χ2v) is 0.725. The first-order valence-corrected chi connectivity index (χ1v) is 1.47. The fourth-order valence-electron chi connectivity index (χ4n) is 0.164. The molecule has 4 heteroatoms. The van der Waals surface area contributed by atoms with Gasteiger partial charge in [0.1, 0.15) is 6.26 Å². The Balaban J connectivity index is 2.26. The van der Waals surface area contributed by atoms with Crippen LogP contribution in [0.4, 0.5) is 0 Å². The molecule has 0 aromatic rings. The van der Waals surface area contributed by atoms with Crippen molar-refractivity contribution in [1.29, 1.82) is 0 Å². The third kappa shape index (κ3) is 0.736. The van der Waals surface area contributed by atoms with E-state index in [9.17, 15) is 0 Å². The van der Waals surface area contributed by atoms with Gasteiger partial charge in [-0.15, -0.1) is 0 Å². The van der Waals surface area contributed by atoms with Gasteiger partial charge in [0, 0.05) is 0 Å². The number of hydrogen-bond donors (Lipinski definition) is 0. The minimum absolute atomic E-state index is 1.36. The zero-order valence-corrected chi connectivity index (χ0v) is 2.96. The summed E-state index contributed by atoms with van der Waals surface area (Å²) in [6.07, 6.45) is 1.36. The summed E-state index contributed by atoms with van der Waals surface area (Å²) in [5.41, 5.74) is 0. The summed E-state index contributed by atoms with van der Waals surface area (Å²) in [7, 11) is 1.36. The van der Waals surface area contributed by atoms with Crippen molar-refractivity contribution in [2.24, 2.45) is 0 Å². The van der Waals surface area contributed by atoms with Crippen molar-refractivity contribution >= 4 is 7.48 Å². The van der Waals surface area contributed by atoms with Gasteiger partial charge in [0.2, 0.25) is 0 Å². The van der Waals surface area contributed by atoms with Crippen molar-refractivity contribution in [2.45, 2.75) is 0 Å². The normalized spacial score (nSPS) is 18.7. The molecule has 0 aromatic heterocycles. The molecule has 0 spiro atoms. The van der Waals surface area contributed by atoms with Gasteiger partial charge in [0.05, 0.1) is 0 Å². The van der Waals surface area contributed by atoms with Gasteiger partial charge >= 0.3 is 7.48 Å². The minimum Gasteiger partial charge on any atom is -0.319 e. The summed E-state index contributed by atoms with van der Waals surface area (Å²) in [5, 5.41) is 3.93. The van der Waals surface area contributed by atoms with Crippen LogP contribution in [-0.2, 0) is 14.7 Å². The molecule has 1 aliphatic heterocycles. The quantitative estimate of drug-likeness (QED) is 0.305. The van der Waals surface area contributed by atoms with Crippen LogP contribution in [0.1, 0.15) is 0 Å². The van der Waals surface area contributed by atoms with Gasteiger partial charge in [-0.2, -0.15) is 0 Å². The minimum atomic E-state index is 1.36. The molecule has 0 aromatic carbocycles. The fourth-order valence-corrected chi connectivity index (χ4v) is 0.164. The van der Waals surface area contributed by atoms with Crippen molar-refractivity contribution in [3.63, 3.8) is 0 Å². The largest absolute Gasteiger partial charge is 0.382 e. The predicted molar refractivity (Wildman–Crippen MR) is 18.1 cm³/mol. The van der Waals surface area contributed by atoms with Crippen LogP contribution in [0.25, 0.3) is 0 Å². The Bertz CT molecular complexity index is 53.8. The van der Waals surface area contributed by atoms with Crippen LogP contribution in [-0.4, -0.2) is 7.48 Å². The third-order valence-corrected chi connectivity index (χ3v) is 0.347. The SMILES string of the molecule is [B]1C=COOO1. The summed E-state index contributed by atoms with van der Waals surface area (Å²) >= 11 is 0. The highest BCUT2D eigenvalue weighted by molar-refractivity contribution is 6.33. The second-order valence-electron chi connectivity index (χ2n) is 0.725. The van der Waals surface area contributed by atoms with E-state index in [2.05, 4.69) is 14.7 Å². The molecule has 1 aliphatic rings. The van der Waals surface area contributed by atoms with Gasteiger partial charge in [0.15, 0.2) is 0 Å². The second kappa shape index (κ2) is 1.84. The smallest absolute Gasteiger partial charge is 0.319 e. The highest BCUT2D eigenvalue weighted by atomic mass is 17.5. The zero-order chi connectivity index (χ0) is 4.24. The maximum absolute atomic E-state index is 4.14. The molecule has 3 nitrogen and oxygen atoms in total. The van der Waals surface area contributed by atoms with Crippen molar-refractivity contribution < 1.29 is 14.7 Å². The van der Waals surface area contributed by atoms with E-state index in [-0.39, 0.29) is 0 Å². The molecule has 6 heavy (non-hydrogen) atoms. The van der Waals surface area contributed by atoms with E-state index >= 15 is 0 Å². The average Bonchev–Trinajstić information content (AvgIpc) is 1.72. The first-order chi connectivity index (χ1) is 3.00. The van der Waals surface area contributed by atoms with Crippen molar-refractivity contribution in [2.75, 3.05) is 0 Å². The number of hydrogen-bond acceptors (Lipinski definition) is 3. The molecule has 0 bridgehead atoms. The van der Waals surface area contributed by atoms with E-state index in [1.165, 1.54) is 13.7 Å². The molecular formula is C2H2BO3.